The average Bonchev–Trinajstić information content (AvgIpc) is 2.74. The molecule has 0 aliphatic heterocycles. The van der Waals surface area contributed by atoms with Gasteiger partial charge in [0.05, 0.1) is 25.9 Å². The molecule has 1 aromatic carbocycles. The average molecular weight is 257 g/mol. The van der Waals surface area contributed by atoms with Crippen LogP contribution in [-0.2, 0) is 0 Å². The standard InChI is InChI=1S/C10H9ClN2O2S/c1-14-6-3-4-7(8(5-6)15-2)9-10(11)13-16-12-9/h3-5H,1-2H3. The van der Waals surface area contributed by atoms with Crippen molar-refractivity contribution in [3.05, 3.63) is 23.4 Å². The minimum absolute atomic E-state index is 0.383. The van der Waals surface area contributed by atoms with Gasteiger partial charge in [0.15, 0.2) is 5.15 Å². The first-order chi connectivity index (χ1) is 7.76. The van der Waals surface area contributed by atoms with Crippen LogP contribution in [0.4, 0.5) is 0 Å². The number of benzene rings is 1. The summed E-state index contributed by atoms with van der Waals surface area (Å²) in [6, 6.07) is 5.46. The van der Waals surface area contributed by atoms with Crippen LogP contribution >= 0.6 is 23.3 Å². The van der Waals surface area contributed by atoms with Crippen LogP contribution in [-0.4, -0.2) is 23.0 Å². The summed E-state index contributed by atoms with van der Waals surface area (Å²) in [6.07, 6.45) is 0. The molecule has 0 aliphatic rings. The van der Waals surface area contributed by atoms with Gasteiger partial charge >= 0.3 is 0 Å². The molecule has 16 heavy (non-hydrogen) atoms. The molecule has 0 unspecified atom stereocenters. The van der Waals surface area contributed by atoms with Gasteiger partial charge in [0.25, 0.3) is 0 Å². The number of nitrogens with zero attached hydrogens (tertiary/aromatic N) is 2. The fraction of sp³-hybridized carbons (Fsp3) is 0.200. The zero-order valence-electron chi connectivity index (χ0n) is 8.73. The summed E-state index contributed by atoms with van der Waals surface area (Å²) in [5.74, 6) is 1.38. The first kappa shape index (κ1) is 11.2. The van der Waals surface area contributed by atoms with Gasteiger partial charge in [0, 0.05) is 11.6 Å². The maximum absolute atomic E-state index is 5.93. The van der Waals surface area contributed by atoms with E-state index in [4.69, 9.17) is 21.1 Å². The smallest absolute Gasteiger partial charge is 0.171 e. The van der Waals surface area contributed by atoms with Gasteiger partial charge in [-0.3, -0.25) is 0 Å². The van der Waals surface area contributed by atoms with Crippen LogP contribution in [0.3, 0.4) is 0 Å². The molecular weight excluding hydrogens is 248 g/mol. The second-order valence-corrected chi connectivity index (χ2v) is 3.86. The van der Waals surface area contributed by atoms with Gasteiger partial charge in [-0.05, 0) is 12.1 Å². The minimum atomic E-state index is 0.383. The lowest BCUT2D eigenvalue weighted by atomic mass is 10.1. The molecule has 0 atom stereocenters. The van der Waals surface area contributed by atoms with Crippen LogP contribution in [0, 0.1) is 0 Å². The fourth-order valence-electron chi connectivity index (χ4n) is 1.33. The quantitative estimate of drug-likeness (QED) is 0.847. The van der Waals surface area contributed by atoms with Gasteiger partial charge in [0.2, 0.25) is 0 Å². The number of ether oxygens (including phenoxy) is 2. The van der Waals surface area contributed by atoms with E-state index in [-0.39, 0.29) is 0 Å². The van der Waals surface area contributed by atoms with Gasteiger partial charge in [-0.1, -0.05) is 11.6 Å². The highest BCUT2D eigenvalue weighted by molar-refractivity contribution is 6.99. The van der Waals surface area contributed by atoms with Gasteiger partial charge in [-0.2, -0.15) is 8.75 Å². The van der Waals surface area contributed by atoms with E-state index in [1.54, 1.807) is 20.3 Å². The summed E-state index contributed by atoms with van der Waals surface area (Å²) >= 11 is 7.00. The Balaban J connectivity index is 2.53. The monoisotopic (exact) mass is 256 g/mol. The van der Waals surface area contributed by atoms with Crippen LogP contribution in [0.1, 0.15) is 0 Å². The molecule has 0 bridgehead atoms. The Morgan fingerprint density at radius 3 is 2.56 bits per heavy atom. The number of hydrogen-bond donors (Lipinski definition) is 0. The van der Waals surface area contributed by atoms with E-state index in [1.807, 2.05) is 12.1 Å². The number of rotatable bonds is 3. The minimum Gasteiger partial charge on any atom is -0.497 e. The van der Waals surface area contributed by atoms with Crippen molar-refractivity contribution < 1.29 is 9.47 Å². The van der Waals surface area contributed by atoms with E-state index in [2.05, 4.69) is 8.75 Å². The third-order valence-corrected chi connectivity index (χ3v) is 3.00. The third kappa shape index (κ3) is 1.96. The Labute approximate surface area is 102 Å². The molecule has 0 spiro atoms. The van der Waals surface area contributed by atoms with E-state index in [0.717, 1.165) is 23.0 Å². The summed E-state index contributed by atoms with van der Waals surface area (Å²) in [6.45, 7) is 0. The summed E-state index contributed by atoms with van der Waals surface area (Å²) in [5, 5.41) is 0.383. The maximum Gasteiger partial charge on any atom is 0.171 e. The van der Waals surface area contributed by atoms with Crippen molar-refractivity contribution in [2.24, 2.45) is 0 Å². The highest BCUT2D eigenvalue weighted by Gasteiger charge is 2.14. The molecule has 2 rings (SSSR count). The van der Waals surface area contributed by atoms with Crippen LogP contribution < -0.4 is 9.47 Å². The Morgan fingerprint density at radius 1 is 1.19 bits per heavy atom. The zero-order valence-corrected chi connectivity index (χ0v) is 10.3. The van der Waals surface area contributed by atoms with E-state index in [1.165, 1.54) is 0 Å². The van der Waals surface area contributed by atoms with Crippen molar-refractivity contribution in [3.63, 3.8) is 0 Å². The summed E-state index contributed by atoms with van der Waals surface area (Å²) in [7, 11) is 3.19. The first-order valence-electron chi connectivity index (χ1n) is 4.46. The molecular formula is C10H9ClN2O2S. The molecule has 0 radical (unpaired) electrons. The van der Waals surface area contributed by atoms with Crippen molar-refractivity contribution in [1.82, 2.24) is 8.75 Å². The van der Waals surface area contributed by atoms with Crippen molar-refractivity contribution in [2.45, 2.75) is 0 Å². The number of aromatic nitrogens is 2. The molecule has 0 saturated carbocycles. The SMILES string of the molecule is COc1ccc(-c2nsnc2Cl)c(OC)c1. The van der Waals surface area contributed by atoms with E-state index in [0.29, 0.717) is 16.6 Å². The molecule has 0 amide bonds. The Bertz CT molecular complexity index is 501. The van der Waals surface area contributed by atoms with Gasteiger partial charge in [-0.25, -0.2) is 0 Å². The van der Waals surface area contributed by atoms with Crippen molar-refractivity contribution in [2.75, 3.05) is 14.2 Å². The molecule has 0 fully saturated rings. The lowest BCUT2D eigenvalue weighted by Crippen LogP contribution is -1.90. The van der Waals surface area contributed by atoms with Crippen LogP contribution in [0.25, 0.3) is 11.3 Å². The highest BCUT2D eigenvalue weighted by Crippen LogP contribution is 2.35. The largest absolute Gasteiger partial charge is 0.497 e. The van der Waals surface area contributed by atoms with E-state index < -0.39 is 0 Å². The zero-order chi connectivity index (χ0) is 11.5. The topological polar surface area (TPSA) is 44.2 Å². The van der Waals surface area contributed by atoms with Crippen molar-refractivity contribution in [3.8, 4) is 22.8 Å². The molecule has 0 N–H and O–H groups in total. The van der Waals surface area contributed by atoms with Gasteiger partial charge < -0.3 is 9.47 Å². The van der Waals surface area contributed by atoms with Crippen molar-refractivity contribution >= 4 is 23.3 Å². The molecule has 6 heteroatoms. The Morgan fingerprint density at radius 2 is 2.00 bits per heavy atom. The molecule has 1 aromatic heterocycles. The van der Waals surface area contributed by atoms with Crippen LogP contribution in [0.15, 0.2) is 18.2 Å². The Hall–Kier alpha value is -1.33. The van der Waals surface area contributed by atoms with Crippen LogP contribution in [0.5, 0.6) is 11.5 Å². The predicted molar refractivity (Wildman–Crippen MR) is 63.5 cm³/mol. The summed E-state index contributed by atoms with van der Waals surface area (Å²) < 4.78 is 18.4. The van der Waals surface area contributed by atoms with Crippen molar-refractivity contribution in [1.29, 1.82) is 0 Å². The van der Waals surface area contributed by atoms with Crippen LogP contribution in [0.2, 0.25) is 5.15 Å². The fourth-order valence-corrected chi connectivity index (χ4v) is 2.08. The number of methoxy groups -OCH3 is 2. The number of halogens is 1. The first-order valence-corrected chi connectivity index (χ1v) is 5.57. The molecule has 0 aliphatic carbocycles. The summed E-state index contributed by atoms with van der Waals surface area (Å²) in [5.41, 5.74) is 1.44. The lowest BCUT2D eigenvalue weighted by Gasteiger charge is -2.08. The van der Waals surface area contributed by atoms with Gasteiger partial charge in [0.1, 0.15) is 17.2 Å². The second-order valence-electron chi connectivity index (χ2n) is 2.97. The Kier molecular flexibility index (Phi) is 3.26. The molecule has 84 valence electrons. The van der Waals surface area contributed by atoms with E-state index >= 15 is 0 Å². The van der Waals surface area contributed by atoms with Gasteiger partial charge in [-0.15, -0.1) is 0 Å². The molecule has 2 aromatic rings. The highest BCUT2D eigenvalue weighted by atomic mass is 35.5. The summed E-state index contributed by atoms with van der Waals surface area (Å²) in [4.78, 5) is 0. The lowest BCUT2D eigenvalue weighted by molar-refractivity contribution is 0.395. The second kappa shape index (κ2) is 4.67. The third-order valence-electron chi connectivity index (χ3n) is 2.11. The van der Waals surface area contributed by atoms with E-state index in [9.17, 15) is 0 Å². The number of hydrogen-bond acceptors (Lipinski definition) is 5. The normalized spacial score (nSPS) is 10.2. The maximum atomic E-state index is 5.93. The molecule has 4 nitrogen and oxygen atoms in total. The molecule has 1 heterocycles. The molecule has 0 saturated heterocycles. The predicted octanol–water partition coefficient (Wildman–Crippen LogP) is 2.88.